The minimum absolute atomic E-state index is 0. The molecule has 0 aromatic heterocycles. The van der Waals surface area contributed by atoms with E-state index in [9.17, 15) is 0 Å². The van der Waals surface area contributed by atoms with Gasteiger partial charge in [0.05, 0.1) is 0 Å². The van der Waals surface area contributed by atoms with Crippen molar-refractivity contribution >= 4 is 0 Å². The molecule has 0 amide bonds. The van der Waals surface area contributed by atoms with Crippen LogP contribution >= 0.6 is 0 Å². The lowest BCUT2D eigenvalue weighted by molar-refractivity contribution is 0.594. The van der Waals surface area contributed by atoms with E-state index in [0.29, 0.717) is 0 Å². The van der Waals surface area contributed by atoms with Crippen LogP contribution in [0.15, 0.2) is 245 Å². The Morgan fingerprint density at radius 1 is 0.234 bits per heavy atom. The summed E-state index contributed by atoms with van der Waals surface area (Å²) in [6.45, 7) is 15.8. The van der Waals surface area contributed by atoms with Crippen molar-refractivity contribution < 1.29 is 0 Å². The molecule has 0 saturated heterocycles. The van der Waals surface area contributed by atoms with Gasteiger partial charge in [0.1, 0.15) is 0 Å². The van der Waals surface area contributed by atoms with Crippen molar-refractivity contribution in [1.82, 2.24) is 0 Å². The fourth-order valence-corrected chi connectivity index (χ4v) is 18.3. The maximum absolute atomic E-state index is 2.52. The van der Waals surface area contributed by atoms with E-state index in [-0.39, 0.29) is 7.43 Å². The average molecular weight is 1260 g/mol. The second kappa shape index (κ2) is 36.2. The molecular formula is C94H128. The molecule has 0 N–H and O–H groups in total. The maximum atomic E-state index is 2.52. The van der Waals surface area contributed by atoms with Crippen LogP contribution in [0, 0.1) is 107 Å². The highest BCUT2D eigenvalue weighted by Gasteiger charge is 2.32. The van der Waals surface area contributed by atoms with Gasteiger partial charge in [0.15, 0.2) is 0 Å². The molecule has 94 heavy (non-hydrogen) atoms. The molecule has 0 heterocycles. The number of fused-ring (bicyclic) bond motifs is 18. The maximum Gasteiger partial charge on any atom is -0.00142 e. The Kier molecular flexibility index (Phi) is 27.5. The molecule has 0 nitrogen and oxygen atoms in total. The standard InChI is InChI=1S/C15H16.C15H24.C13H20.C11H16.4C8H10.C7H8.CH4/c1-2-4-12(5-3-1)6-8-14-10-13-7-9-15(14)11-13;1-2-3-4-5-6-7-8-14-11-13-9-10-15(14)12-13;1-2-3-4-5-6-12-9-11-7-8-13(12)10-11;1-2-3-4-10-7-9-5-6-11(10)8-9;4*1-6-4-7-2-3-8(6)5-7;1-2-7-4-3-6(1)5-7;/h1-5,7,9-10,13,15H,6,8,11H2;9-11,13,15H,2-8,12H2,1H3;7-9,11,13H,2-6,10H2,1H3;5-7,9,11H,2-4,8H2,1H3;4*2-4,7-8H,5H2,1H3;1-4,6-7H,5H2;1H4. The van der Waals surface area contributed by atoms with Crippen molar-refractivity contribution in [2.75, 3.05) is 0 Å². The van der Waals surface area contributed by atoms with E-state index in [0.717, 1.165) is 107 Å². The Labute approximate surface area is 576 Å². The summed E-state index contributed by atoms with van der Waals surface area (Å²) in [4.78, 5) is 0. The van der Waals surface area contributed by atoms with Crippen LogP contribution in [0.3, 0.4) is 0 Å². The normalized spacial score (nSPS) is 33.8. The third-order valence-corrected chi connectivity index (χ3v) is 24.1. The molecule has 0 heteroatoms. The zero-order valence-electron chi connectivity index (χ0n) is 59.3. The van der Waals surface area contributed by atoms with Crippen LogP contribution in [0.1, 0.15) is 222 Å². The number of rotatable bonds is 18. The van der Waals surface area contributed by atoms with Gasteiger partial charge >= 0.3 is 0 Å². The van der Waals surface area contributed by atoms with Gasteiger partial charge in [-0.15, -0.1) is 0 Å². The van der Waals surface area contributed by atoms with E-state index < -0.39 is 0 Å². The first-order valence-electron chi connectivity index (χ1n) is 38.9. The zero-order chi connectivity index (χ0) is 64.3. The second-order valence-corrected chi connectivity index (χ2v) is 31.5. The third kappa shape index (κ3) is 20.5. The van der Waals surface area contributed by atoms with Gasteiger partial charge in [-0.2, -0.15) is 0 Å². The minimum Gasteiger partial charge on any atom is -0.0810 e. The van der Waals surface area contributed by atoms with Gasteiger partial charge in [0, 0.05) is 0 Å². The van der Waals surface area contributed by atoms with E-state index in [2.05, 4.69) is 249 Å². The number of hydrogen-bond acceptors (Lipinski definition) is 0. The topological polar surface area (TPSA) is 0 Å². The van der Waals surface area contributed by atoms with Crippen LogP contribution in [0.5, 0.6) is 0 Å². The first kappa shape index (κ1) is 71.3. The fraction of sp³-hybridized carbons (Fsp3) is 0.553. The molecule has 1 aromatic carbocycles. The minimum atomic E-state index is 0. The largest absolute Gasteiger partial charge is 0.0810 e. The molecule has 1 aromatic rings. The summed E-state index contributed by atoms with van der Waals surface area (Å²) in [7, 11) is 0. The molecule has 19 rings (SSSR count). The van der Waals surface area contributed by atoms with E-state index in [1.807, 2.05) is 0 Å². The van der Waals surface area contributed by atoms with Crippen LogP contribution in [-0.4, -0.2) is 0 Å². The monoisotopic (exact) mass is 1260 g/mol. The summed E-state index contributed by atoms with van der Waals surface area (Å²) >= 11 is 0. The lowest BCUT2D eigenvalue weighted by Crippen LogP contribution is -1.96. The van der Waals surface area contributed by atoms with Gasteiger partial charge in [-0.3, -0.25) is 0 Å². The number of benzene rings is 1. The number of allylic oxidation sites excluding steroid dienone is 36. The molecule has 18 bridgehead atoms. The smallest absolute Gasteiger partial charge is 0.00142 e. The van der Waals surface area contributed by atoms with Crippen molar-refractivity contribution in [1.29, 1.82) is 0 Å². The van der Waals surface area contributed by atoms with Crippen LogP contribution in [-0.2, 0) is 6.42 Å². The van der Waals surface area contributed by atoms with E-state index >= 15 is 0 Å². The first-order chi connectivity index (χ1) is 45.5. The molecule has 0 fully saturated rings. The molecule has 18 aliphatic carbocycles. The quantitative estimate of drug-likeness (QED) is 0.102. The fourth-order valence-electron chi connectivity index (χ4n) is 18.3. The van der Waals surface area contributed by atoms with Crippen LogP contribution in [0.4, 0.5) is 0 Å². The number of aryl methyl sites for hydroxylation is 1. The molecule has 18 aliphatic rings. The summed E-state index contributed by atoms with van der Waals surface area (Å²) in [5.74, 6) is 14.6. The SMILES string of the molecule is C.C1=CC2C=CC1C2.C1=CC2CC1C=C2CCc1ccccc1.CC1=CC2C=CC1C2.CC1=CC2C=CC1C2.CC1=CC2C=CC1C2.CC1=CC2C=CC1C2.CCCCC1=CC2C=CC1C2.CCCCCCC1=CC2C=CC1C2.CCCCCCCCC1=CC2C=CC1C2. The van der Waals surface area contributed by atoms with Crippen LogP contribution in [0.25, 0.3) is 0 Å². The second-order valence-electron chi connectivity index (χ2n) is 31.5. The molecule has 16 atom stereocenters. The average Bonchev–Trinajstić information content (AvgIpc) is 2.80. The van der Waals surface area contributed by atoms with Crippen molar-refractivity contribution in [2.45, 2.75) is 223 Å². The van der Waals surface area contributed by atoms with Gasteiger partial charge in [-0.05, 0) is 249 Å². The molecular weight excluding hydrogens is 1130 g/mol. The van der Waals surface area contributed by atoms with Crippen molar-refractivity contribution in [3.63, 3.8) is 0 Å². The Balaban J connectivity index is 0.000000117. The molecule has 504 valence electrons. The summed E-state index contributed by atoms with van der Waals surface area (Å²) in [5, 5.41) is 0. The van der Waals surface area contributed by atoms with Gasteiger partial charge in [-0.1, -0.05) is 331 Å². The Morgan fingerprint density at radius 3 is 0.723 bits per heavy atom. The Hall–Kier alpha value is -5.46. The van der Waals surface area contributed by atoms with Gasteiger partial charge in [0.2, 0.25) is 0 Å². The highest BCUT2D eigenvalue weighted by molar-refractivity contribution is 5.35. The van der Waals surface area contributed by atoms with Crippen molar-refractivity contribution in [3.8, 4) is 0 Å². The Bertz CT molecular complexity index is 2990. The van der Waals surface area contributed by atoms with E-state index in [1.54, 1.807) is 44.6 Å². The predicted octanol–water partition coefficient (Wildman–Crippen LogP) is 27.0. The van der Waals surface area contributed by atoms with E-state index in [4.69, 9.17) is 0 Å². The third-order valence-electron chi connectivity index (χ3n) is 24.1. The highest BCUT2D eigenvalue weighted by Crippen LogP contribution is 2.45. The number of hydrogen-bond donors (Lipinski definition) is 0. The highest BCUT2D eigenvalue weighted by atomic mass is 14.4. The Morgan fingerprint density at radius 2 is 0.489 bits per heavy atom. The lowest BCUT2D eigenvalue weighted by atomic mass is 9.96. The van der Waals surface area contributed by atoms with Crippen LogP contribution in [0.2, 0.25) is 0 Å². The first-order valence-corrected chi connectivity index (χ1v) is 38.9. The molecule has 0 saturated carbocycles. The molecule has 16 unspecified atom stereocenters. The number of unbranched alkanes of at least 4 members (excludes halogenated alkanes) is 9. The van der Waals surface area contributed by atoms with E-state index in [1.165, 1.54) is 173 Å². The van der Waals surface area contributed by atoms with Gasteiger partial charge < -0.3 is 0 Å². The van der Waals surface area contributed by atoms with Crippen molar-refractivity contribution in [2.24, 2.45) is 107 Å². The zero-order valence-corrected chi connectivity index (χ0v) is 59.3. The van der Waals surface area contributed by atoms with Gasteiger partial charge in [-0.25, -0.2) is 0 Å². The molecule has 0 radical (unpaired) electrons. The summed E-state index contributed by atoms with van der Waals surface area (Å²) in [5.41, 5.74) is 14.7. The lowest BCUT2D eigenvalue weighted by Gasteiger charge is -2.09. The van der Waals surface area contributed by atoms with Gasteiger partial charge in [0.25, 0.3) is 0 Å². The predicted molar refractivity (Wildman–Crippen MR) is 411 cm³/mol. The van der Waals surface area contributed by atoms with Crippen LogP contribution < -0.4 is 0 Å². The summed E-state index contributed by atoms with van der Waals surface area (Å²) in [6.07, 6.45) is 102. The summed E-state index contributed by atoms with van der Waals surface area (Å²) < 4.78 is 0. The summed E-state index contributed by atoms with van der Waals surface area (Å²) in [6, 6.07) is 10.8. The molecule has 0 aliphatic heterocycles. The van der Waals surface area contributed by atoms with Crippen molar-refractivity contribution in [3.05, 3.63) is 251 Å². The molecule has 0 spiro atoms.